The first-order chi connectivity index (χ1) is 10.1. The van der Waals surface area contributed by atoms with E-state index < -0.39 is 0 Å². The van der Waals surface area contributed by atoms with Crippen LogP contribution in [0.3, 0.4) is 0 Å². The Balaban J connectivity index is 1.93. The molecule has 1 fully saturated rings. The van der Waals surface area contributed by atoms with Crippen molar-refractivity contribution < 1.29 is 9.53 Å². The highest BCUT2D eigenvalue weighted by Crippen LogP contribution is 2.17. The van der Waals surface area contributed by atoms with Gasteiger partial charge in [-0.25, -0.2) is 0 Å². The summed E-state index contributed by atoms with van der Waals surface area (Å²) in [6.45, 7) is 6.94. The van der Waals surface area contributed by atoms with E-state index in [-0.39, 0.29) is 17.9 Å². The number of rotatable bonds is 6. The fourth-order valence-electron chi connectivity index (χ4n) is 2.66. The van der Waals surface area contributed by atoms with E-state index in [1.54, 1.807) is 0 Å². The predicted molar refractivity (Wildman–Crippen MR) is 84.0 cm³/mol. The van der Waals surface area contributed by atoms with Crippen LogP contribution in [0, 0.1) is 12.8 Å². The van der Waals surface area contributed by atoms with Crippen molar-refractivity contribution in [2.24, 2.45) is 5.92 Å². The fourth-order valence-corrected chi connectivity index (χ4v) is 2.66. The van der Waals surface area contributed by atoms with Gasteiger partial charge in [0, 0.05) is 19.6 Å². The fraction of sp³-hybridized carbons (Fsp3) is 0.588. The summed E-state index contributed by atoms with van der Waals surface area (Å²) in [7, 11) is 1.87. The Kier molecular flexibility index (Phi) is 5.76. The van der Waals surface area contributed by atoms with Gasteiger partial charge in [-0.05, 0) is 25.5 Å². The van der Waals surface area contributed by atoms with Crippen molar-refractivity contribution in [2.75, 3.05) is 26.8 Å². The van der Waals surface area contributed by atoms with Gasteiger partial charge < -0.3 is 15.0 Å². The van der Waals surface area contributed by atoms with Gasteiger partial charge in [0.25, 0.3) is 0 Å². The molecule has 4 nitrogen and oxygen atoms in total. The molecule has 0 spiro atoms. The molecule has 1 aliphatic rings. The molecular weight excluding hydrogens is 264 g/mol. The van der Waals surface area contributed by atoms with Crippen LogP contribution in [0.1, 0.15) is 24.5 Å². The lowest BCUT2D eigenvalue weighted by atomic mass is 10.0. The molecule has 21 heavy (non-hydrogen) atoms. The molecule has 2 atom stereocenters. The molecule has 116 valence electrons. The van der Waals surface area contributed by atoms with Crippen LogP contribution in [0.25, 0.3) is 0 Å². The molecule has 0 aliphatic carbocycles. The lowest BCUT2D eigenvalue weighted by Gasteiger charge is -2.24. The molecule has 0 aromatic heterocycles. The molecule has 4 heteroatoms. The number of nitrogens with one attached hydrogen (secondary N) is 1. The van der Waals surface area contributed by atoms with Gasteiger partial charge in [0.05, 0.1) is 19.1 Å². The predicted octanol–water partition coefficient (Wildman–Crippen LogP) is 1.97. The summed E-state index contributed by atoms with van der Waals surface area (Å²) < 4.78 is 5.49. The lowest BCUT2D eigenvalue weighted by Crippen LogP contribution is -2.44. The molecule has 1 aromatic carbocycles. The zero-order valence-corrected chi connectivity index (χ0v) is 13.3. The van der Waals surface area contributed by atoms with E-state index in [0.29, 0.717) is 19.8 Å². The van der Waals surface area contributed by atoms with Crippen LogP contribution in [0.2, 0.25) is 0 Å². The number of hydrogen-bond acceptors (Lipinski definition) is 3. The molecule has 1 saturated heterocycles. The van der Waals surface area contributed by atoms with Gasteiger partial charge in [0.15, 0.2) is 0 Å². The van der Waals surface area contributed by atoms with E-state index in [1.165, 1.54) is 5.56 Å². The first kappa shape index (κ1) is 16.0. The summed E-state index contributed by atoms with van der Waals surface area (Å²) in [4.78, 5) is 14.4. The Morgan fingerprint density at radius 3 is 2.71 bits per heavy atom. The normalized spacial score (nSPS) is 21.5. The van der Waals surface area contributed by atoms with Crippen molar-refractivity contribution in [1.82, 2.24) is 10.2 Å². The lowest BCUT2D eigenvalue weighted by molar-refractivity contribution is -0.135. The van der Waals surface area contributed by atoms with E-state index in [0.717, 1.165) is 18.5 Å². The molecule has 0 bridgehead atoms. The maximum absolute atomic E-state index is 12.6. The van der Waals surface area contributed by atoms with Crippen LogP contribution in [-0.4, -0.2) is 43.7 Å². The summed E-state index contributed by atoms with van der Waals surface area (Å²) in [5.41, 5.74) is 2.40. The summed E-state index contributed by atoms with van der Waals surface area (Å²) in [5.74, 6) is 0.105. The number of carbonyl (C=O) groups is 1. The van der Waals surface area contributed by atoms with Crippen molar-refractivity contribution in [2.45, 2.75) is 32.9 Å². The molecule has 0 radical (unpaired) electrons. The summed E-state index contributed by atoms with van der Waals surface area (Å²) in [5, 5.41) is 3.42. The number of carbonyl (C=O) groups excluding carboxylic acids is 1. The van der Waals surface area contributed by atoms with Gasteiger partial charge >= 0.3 is 0 Å². The Morgan fingerprint density at radius 2 is 2.05 bits per heavy atom. The van der Waals surface area contributed by atoms with Gasteiger partial charge in [-0.2, -0.15) is 0 Å². The van der Waals surface area contributed by atoms with Gasteiger partial charge in [-0.15, -0.1) is 0 Å². The Hall–Kier alpha value is -1.39. The van der Waals surface area contributed by atoms with Gasteiger partial charge in [0.2, 0.25) is 5.91 Å². The second kappa shape index (κ2) is 7.57. The van der Waals surface area contributed by atoms with Crippen LogP contribution in [0.4, 0.5) is 0 Å². The van der Waals surface area contributed by atoms with Crippen LogP contribution in [-0.2, 0) is 16.1 Å². The minimum Gasteiger partial charge on any atom is -0.379 e. The minimum atomic E-state index is -0.0630. The zero-order chi connectivity index (χ0) is 15.2. The van der Waals surface area contributed by atoms with Gasteiger partial charge in [-0.1, -0.05) is 36.8 Å². The van der Waals surface area contributed by atoms with Crippen molar-refractivity contribution >= 4 is 5.91 Å². The van der Waals surface area contributed by atoms with Gasteiger partial charge in [0.1, 0.15) is 0 Å². The third-order valence-electron chi connectivity index (χ3n) is 3.97. The van der Waals surface area contributed by atoms with Gasteiger partial charge in [-0.3, -0.25) is 4.79 Å². The number of amides is 1. The van der Waals surface area contributed by atoms with E-state index >= 15 is 0 Å². The van der Waals surface area contributed by atoms with E-state index in [4.69, 9.17) is 4.74 Å². The highest BCUT2D eigenvalue weighted by molar-refractivity contribution is 5.79. The first-order valence-electron chi connectivity index (χ1n) is 7.73. The quantitative estimate of drug-likeness (QED) is 0.871. The zero-order valence-electron chi connectivity index (χ0n) is 13.3. The Morgan fingerprint density at radius 1 is 1.33 bits per heavy atom. The molecule has 0 saturated carbocycles. The van der Waals surface area contributed by atoms with E-state index in [9.17, 15) is 4.79 Å². The number of hydrogen-bond donors (Lipinski definition) is 1. The monoisotopic (exact) mass is 290 g/mol. The van der Waals surface area contributed by atoms with Crippen molar-refractivity contribution in [3.63, 3.8) is 0 Å². The van der Waals surface area contributed by atoms with Crippen molar-refractivity contribution in [1.29, 1.82) is 0 Å². The molecule has 1 aromatic rings. The maximum Gasteiger partial charge on any atom is 0.229 e. The molecule has 2 unspecified atom stereocenters. The average molecular weight is 290 g/mol. The second-order valence-electron chi connectivity index (χ2n) is 5.88. The maximum atomic E-state index is 12.6. The highest BCUT2D eigenvalue weighted by atomic mass is 16.5. The van der Waals surface area contributed by atoms with E-state index in [2.05, 4.69) is 43.4 Å². The van der Waals surface area contributed by atoms with Crippen LogP contribution >= 0.6 is 0 Å². The molecule has 2 rings (SSSR count). The second-order valence-corrected chi connectivity index (χ2v) is 5.88. The van der Waals surface area contributed by atoms with Crippen molar-refractivity contribution in [3.05, 3.63) is 35.4 Å². The SMILES string of the molecule is CCCNC1COCC1C(=O)N(C)Cc1ccc(C)cc1. The molecule has 1 aliphatic heterocycles. The topological polar surface area (TPSA) is 41.6 Å². The number of aryl methyl sites for hydroxylation is 1. The summed E-state index contributed by atoms with van der Waals surface area (Å²) >= 11 is 0. The number of nitrogens with zero attached hydrogens (tertiary/aromatic N) is 1. The molecule has 1 N–H and O–H groups in total. The summed E-state index contributed by atoms with van der Waals surface area (Å²) in [6, 6.07) is 8.47. The first-order valence-corrected chi connectivity index (χ1v) is 7.73. The third-order valence-corrected chi connectivity index (χ3v) is 3.97. The highest BCUT2D eigenvalue weighted by Gasteiger charge is 2.35. The smallest absolute Gasteiger partial charge is 0.229 e. The van der Waals surface area contributed by atoms with Crippen molar-refractivity contribution in [3.8, 4) is 0 Å². The standard InChI is InChI=1S/C17H26N2O2/c1-4-9-18-16-12-21-11-15(16)17(20)19(3)10-14-7-5-13(2)6-8-14/h5-8,15-16,18H,4,9-12H2,1-3H3. The largest absolute Gasteiger partial charge is 0.379 e. The molecule has 1 amide bonds. The van der Waals surface area contributed by atoms with Crippen LogP contribution in [0.15, 0.2) is 24.3 Å². The number of ether oxygens (including phenoxy) is 1. The third kappa shape index (κ3) is 4.29. The van der Waals surface area contributed by atoms with Crippen LogP contribution in [0.5, 0.6) is 0 Å². The Labute approximate surface area is 127 Å². The Bertz CT molecular complexity index is 458. The van der Waals surface area contributed by atoms with E-state index in [1.807, 2.05) is 11.9 Å². The van der Waals surface area contributed by atoms with Crippen LogP contribution < -0.4 is 5.32 Å². The molecule has 1 heterocycles. The number of benzene rings is 1. The summed E-state index contributed by atoms with van der Waals surface area (Å²) in [6.07, 6.45) is 1.07. The molecular formula is C17H26N2O2. The average Bonchev–Trinajstić information content (AvgIpc) is 2.95. The minimum absolute atomic E-state index is 0.0630.